The molecular formula is C20H23N3O5S2. The van der Waals surface area contributed by atoms with E-state index in [0.717, 1.165) is 30.6 Å². The van der Waals surface area contributed by atoms with E-state index in [1.807, 2.05) is 0 Å². The lowest BCUT2D eigenvalue weighted by Crippen LogP contribution is -2.32. The van der Waals surface area contributed by atoms with E-state index >= 15 is 0 Å². The molecule has 0 spiro atoms. The zero-order valence-electron chi connectivity index (χ0n) is 16.3. The van der Waals surface area contributed by atoms with Gasteiger partial charge in [-0.25, -0.2) is 8.42 Å². The summed E-state index contributed by atoms with van der Waals surface area (Å²) in [6, 6.07) is 12.2. The van der Waals surface area contributed by atoms with Gasteiger partial charge >= 0.3 is 0 Å². The Morgan fingerprint density at radius 1 is 1.07 bits per heavy atom. The van der Waals surface area contributed by atoms with Crippen LogP contribution in [0.1, 0.15) is 25.7 Å². The Kier molecular flexibility index (Phi) is 7.46. The van der Waals surface area contributed by atoms with Crippen LogP contribution >= 0.6 is 11.8 Å². The van der Waals surface area contributed by atoms with Gasteiger partial charge in [0.15, 0.2) is 0 Å². The number of sulfonamides is 1. The van der Waals surface area contributed by atoms with Crippen molar-refractivity contribution in [3.63, 3.8) is 0 Å². The predicted molar refractivity (Wildman–Crippen MR) is 116 cm³/mol. The van der Waals surface area contributed by atoms with Crippen LogP contribution in [-0.2, 0) is 14.8 Å². The number of carbonyl (C=O) groups excluding carboxylic acids is 1. The minimum Gasteiger partial charge on any atom is -0.325 e. The zero-order chi connectivity index (χ0) is 21.6. The van der Waals surface area contributed by atoms with Gasteiger partial charge in [-0.05, 0) is 43.2 Å². The number of rotatable bonds is 7. The van der Waals surface area contributed by atoms with Crippen LogP contribution < -0.4 is 5.32 Å². The Morgan fingerprint density at radius 2 is 1.73 bits per heavy atom. The van der Waals surface area contributed by atoms with Crippen molar-refractivity contribution in [1.29, 1.82) is 0 Å². The number of carbonyl (C=O) groups is 1. The van der Waals surface area contributed by atoms with Crippen LogP contribution in [0.3, 0.4) is 0 Å². The first kappa shape index (κ1) is 22.3. The number of anilines is 1. The predicted octanol–water partition coefficient (Wildman–Crippen LogP) is 3.89. The number of thioether (sulfide) groups is 1. The summed E-state index contributed by atoms with van der Waals surface area (Å²) in [5.41, 5.74) is 0.409. The van der Waals surface area contributed by atoms with Crippen molar-refractivity contribution < 1.29 is 18.1 Å². The lowest BCUT2D eigenvalue weighted by atomic mass is 10.2. The largest absolute Gasteiger partial charge is 0.325 e. The van der Waals surface area contributed by atoms with Crippen LogP contribution in [0.15, 0.2) is 58.3 Å². The highest BCUT2D eigenvalue weighted by atomic mass is 32.2. The summed E-state index contributed by atoms with van der Waals surface area (Å²) in [4.78, 5) is 23.4. The van der Waals surface area contributed by atoms with Gasteiger partial charge in [0.05, 0.1) is 15.6 Å². The molecule has 1 heterocycles. The van der Waals surface area contributed by atoms with Crippen LogP contribution in [0.25, 0.3) is 0 Å². The molecule has 2 aromatic rings. The van der Waals surface area contributed by atoms with Crippen LogP contribution in [0.2, 0.25) is 0 Å². The summed E-state index contributed by atoms with van der Waals surface area (Å²) >= 11 is 1.24. The number of hydrogen-bond acceptors (Lipinski definition) is 6. The first-order valence-corrected chi connectivity index (χ1v) is 12.1. The molecule has 0 aliphatic carbocycles. The van der Waals surface area contributed by atoms with E-state index in [9.17, 15) is 23.3 Å². The maximum atomic E-state index is 12.9. The van der Waals surface area contributed by atoms with Crippen molar-refractivity contribution in [3.05, 3.63) is 58.6 Å². The van der Waals surface area contributed by atoms with Gasteiger partial charge in [-0.15, -0.1) is 11.8 Å². The normalized spacial score (nSPS) is 15.3. The van der Waals surface area contributed by atoms with Crippen molar-refractivity contribution in [1.82, 2.24) is 4.31 Å². The fraction of sp³-hybridized carbons (Fsp3) is 0.350. The minimum atomic E-state index is -3.59. The molecule has 1 fully saturated rings. The third-order valence-electron chi connectivity index (χ3n) is 4.74. The summed E-state index contributed by atoms with van der Waals surface area (Å²) in [5.74, 6) is -0.191. The van der Waals surface area contributed by atoms with Gasteiger partial charge in [-0.3, -0.25) is 14.9 Å². The topological polar surface area (TPSA) is 110 Å². The standard InChI is InChI=1S/C20H23N3O5S2/c24-20(15-29-18-10-8-17(9-11-18)23(25)26)21-16-6-5-7-19(14-16)30(27,28)22-12-3-1-2-4-13-22/h5-11,14H,1-4,12-13,15H2,(H,21,24). The molecule has 3 rings (SSSR count). The van der Waals surface area contributed by atoms with E-state index in [0.29, 0.717) is 18.8 Å². The molecule has 0 unspecified atom stereocenters. The van der Waals surface area contributed by atoms with Crippen molar-refractivity contribution in [2.24, 2.45) is 0 Å². The number of amides is 1. The Labute approximate surface area is 179 Å². The number of non-ortho nitro benzene ring substituents is 1. The van der Waals surface area contributed by atoms with Gasteiger partial charge in [-0.2, -0.15) is 4.31 Å². The van der Waals surface area contributed by atoms with Crippen LogP contribution in [0.5, 0.6) is 0 Å². The molecule has 0 radical (unpaired) electrons. The molecule has 160 valence electrons. The summed E-state index contributed by atoms with van der Waals surface area (Å²) in [7, 11) is -3.59. The summed E-state index contributed by atoms with van der Waals surface area (Å²) < 4.78 is 27.4. The van der Waals surface area contributed by atoms with E-state index in [1.165, 1.54) is 34.3 Å². The summed E-state index contributed by atoms with van der Waals surface area (Å²) in [6.45, 7) is 1.04. The second kappa shape index (κ2) is 10.1. The molecule has 10 heteroatoms. The number of benzene rings is 2. The highest BCUT2D eigenvalue weighted by Crippen LogP contribution is 2.24. The zero-order valence-corrected chi connectivity index (χ0v) is 18.0. The second-order valence-electron chi connectivity index (χ2n) is 6.93. The molecule has 0 bridgehead atoms. The number of nitro benzene ring substituents is 1. The van der Waals surface area contributed by atoms with Crippen LogP contribution in [0, 0.1) is 10.1 Å². The average molecular weight is 450 g/mol. The average Bonchev–Trinajstić information content (AvgIpc) is 3.03. The lowest BCUT2D eigenvalue weighted by Gasteiger charge is -2.20. The molecule has 1 saturated heterocycles. The van der Waals surface area contributed by atoms with Gasteiger partial charge in [0.25, 0.3) is 5.69 Å². The quantitative estimate of drug-likeness (QED) is 0.390. The van der Waals surface area contributed by atoms with Crippen molar-refractivity contribution >= 4 is 39.1 Å². The van der Waals surface area contributed by atoms with Gasteiger partial charge < -0.3 is 5.32 Å². The molecular weight excluding hydrogens is 426 g/mol. The molecule has 1 aliphatic rings. The highest BCUT2D eigenvalue weighted by Gasteiger charge is 2.25. The van der Waals surface area contributed by atoms with E-state index in [4.69, 9.17) is 0 Å². The Bertz CT molecular complexity index is 1000. The van der Waals surface area contributed by atoms with Crippen LogP contribution in [-0.4, -0.2) is 42.4 Å². The number of nitrogens with zero attached hydrogens (tertiary/aromatic N) is 2. The van der Waals surface area contributed by atoms with E-state index in [1.54, 1.807) is 30.3 Å². The molecule has 1 N–H and O–H groups in total. The van der Waals surface area contributed by atoms with Gasteiger partial charge in [0.1, 0.15) is 0 Å². The Balaban J connectivity index is 1.61. The highest BCUT2D eigenvalue weighted by molar-refractivity contribution is 8.00. The first-order valence-electron chi connectivity index (χ1n) is 9.63. The first-order chi connectivity index (χ1) is 14.4. The summed E-state index contributed by atoms with van der Waals surface area (Å²) in [6.07, 6.45) is 3.79. The number of nitrogens with one attached hydrogen (secondary N) is 1. The van der Waals surface area contributed by atoms with Gasteiger partial charge in [0.2, 0.25) is 15.9 Å². The molecule has 8 nitrogen and oxygen atoms in total. The molecule has 1 amide bonds. The third-order valence-corrected chi connectivity index (χ3v) is 7.64. The van der Waals surface area contributed by atoms with Gasteiger partial charge in [-0.1, -0.05) is 18.9 Å². The van der Waals surface area contributed by atoms with Crippen molar-refractivity contribution in [3.8, 4) is 0 Å². The molecule has 0 saturated carbocycles. The molecule has 0 aromatic heterocycles. The van der Waals surface area contributed by atoms with Gasteiger partial charge in [0, 0.05) is 35.8 Å². The Morgan fingerprint density at radius 3 is 2.37 bits per heavy atom. The van der Waals surface area contributed by atoms with Crippen molar-refractivity contribution in [2.75, 3.05) is 24.2 Å². The van der Waals surface area contributed by atoms with E-state index in [-0.39, 0.29) is 22.2 Å². The number of nitro groups is 1. The SMILES string of the molecule is O=C(CSc1ccc([N+](=O)[O-])cc1)Nc1cccc(S(=O)(=O)N2CCCCCC2)c1. The maximum absolute atomic E-state index is 12.9. The molecule has 30 heavy (non-hydrogen) atoms. The molecule has 0 atom stereocenters. The maximum Gasteiger partial charge on any atom is 0.269 e. The number of hydrogen-bond donors (Lipinski definition) is 1. The Hall–Kier alpha value is -2.43. The monoisotopic (exact) mass is 449 g/mol. The van der Waals surface area contributed by atoms with E-state index in [2.05, 4.69) is 5.32 Å². The smallest absolute Gasteiger partial charge is 0.269 e. The molecule has 1 aliphatic heterocycles. The molecule has 2 aromatic carbocycles. The fourth-order valence-corrected chi connectivity index (χ4v) is 5.44. The van der Waals surface area contributed by atoms with Crippen LogP contribution in [0.4, 0.5) is 11.4 Å². The van der Waals surface area contributed by atoms with Crippen molar-refractivity contribution in [2.45, 2.75) is 35.5 Å². The fourth-order valence-electron chi connectivity index (χ4n) is 3.18. The minimum absolute atomic E-state index is 0.00812. The second-order valence-corrected chi connectivity index (χ2v) is 9.92. The summed E-state index contributed by atoms with van der Waals surface area (Å²) in [5, 5.41) is 13.4. The van der Waals surface area contributed by atoms with E-state index < -0.39 is 14.9 Å². The third kappa shape index (κ3) is 5.80. The lowest BCUT2D eigenvalue weighted by molar-refractivity contribution is -0.384.